The number of carbonyl (C=O) groups is 1. The van der Waals surface area contributed by atoms with Gasteiger partial charge in [-0.2, -0.15) is 0 Å². The zero-order valence-electron chi connectivity index (χ0n) is 5.93. The fourth-order valence-electron chi connectivity index (χ4n) is 1.17. The zero-order chi connectivity index (χ0) is 8.72. The molecule has 0 bridgehead atoms. The van der Waals surface area contributed by atoms with E-state index in [-0.39, 0.29) is 6.61 Å². The van der Waals surface area contributed by atoms with Crippen molar-refractivity contribution in [2.75, 3.05) is 0 Å². The highest BCUT2D eigenvalue weighted by Gasteiger charge is 2.26. The number of esters is 1. The van der Waals surface area contributed by atoms with Gasteiger partial charge in [0, 0.05) is 10.6 Å². The van der Waals surface area contributed by atoms with Gasteiger partial charge in [-0.05, 0) is 12.1 Å². The Morgan fingerprint density at radius 1 is 1.25 bits per heavy atom. The SMILES string of the molecule is O=C1OCc2c(Cl)ccc(Cl)c21. The highest BCUT2D eigenvalue weighted by atomic mass is 35.5. The molecule has 1 aliphatic rings. The second-order valence-corrected chi connectivity index (χ2v) is 3.27. The lowest BCUT2D eigenvalue weighted by Crippen LogP contribution is -1.94. The first-order valence-electron chi connectivity index (χ1n) is 3.34. The molecule has 0 radical (unpaired) electrons. The maximum Gasteiger partial charge on any atom is 0.340 e. The Kier molecular flexibility index (Phi) is 1.74. The monoisotopic (exact) mass is 202 g/mol. The second-order valence-electron chi connectivity index (χ2n) is 2.46. The Morgan fingerprint density at radius 2 is 1.92 bits per heavy atom. The van der Waals surface area contributed by atoms with Gasteiger partial charge in [-0.3, -0.25) is 0 Å². The predicted octanol–water partition coefficient (Wildman–Crippen LogP) is 2.66. The Labute approximate surface area is 79.0 Å². The van der Waals surface area contributed by atoms with Crippen LogP contribution in [-0.2, 0) is 11.3 Å². The average Bonchev–Trinajstić information content (AvgIpc) is 2.42. The normalized spacial score (nSPS) is 14.3. The summed E-state index contributed by atoms with van der Waals surface area (Å²) >= 11 is 11.6. The molecule has 0 N–H and O–H groups in total. The van der Waals surface area contributed by atoms with Crippen molar-refractivity contribution in [3.05, 3.63) is 33.3 Å². The van der Waals surface area contributed by atoms with Gasteiger partial charge in [-0.15, -0.1) is 0 Å². The summed E-state index contributed by atoms with van der Waals surface area (Å²) in [6.45, 7) is 0.230. The van der Waals surface area contributed by atoms with Gasteiger partial charge in [-0.25, -0.2) is 4.79 Å². The molecule has 0 spiro atoms. The molecule has 1 aromatic carbocycles. The van der Waals surface area contributed by atoms with E-state index in [9.17, 15) is 4.79 Å². The molecule has 0 atom stereocenters. The van der Waals surface area contributed by atoms with E-state index in [2.05, 4.69) is 0 Å². The van der Waals surface area contributed by atoms with E-state index in [1.54, 1.807) is 12.1 Å². The number of benzene rings is 1. The van der Waals surface area contributed by atoms with Crippen molar-refractivity contribution >= 4 is 29.2 Å². The van der Waals surface area contributed by atoms with Gasteiger partial charge in [0.2, 0.25) is 0 Å². The lowest BCUT2D eigenvalue weighted by atomic mass is 10.1. The number of carbonyl (C=O) groups excluding carboxylic acids is 1. The van der Waals surface area contributed by atoms with Gasteiger partial charge in [0.15, 0.2) is 0 Å². The van der Waals surface area contributed by atoms with Gasteiger partial charge in [-0.1, -0.05) is 23.2 Å². The molecule has 62 valence electrons. The second kappa shape index (κ2) is 2.64. The van der Waals surface area contributed by atoms with E-state index >= 15 is 0 Å². The van der Waals surface area contributed by atoms with E-state index in [0.29, 0.717) is 21.2 Å². The molecule has 12 heavy (non-hydrogen) atoms. The van der Waals surface area contributed by atoms with E-state index in [0.717, 1.165) is 0 Å². The molecule has 2 nitrogen and oxygen atoms in total. The first-order chi connectivity index (χ1) is 5.70. The molecule has 0 unspecified atom stereocenters. The number of rotatable bonds is 0. The summed E-state index contributed by atoms with van der Waals surface area (Å²) in [4.78, 5) is 11.1. The first-order valence-corrected chi connectivity index (χ1v) is 4.10. The van der Waals surface area contributed by atoms with Gasteiger partial charge in [0.1, 0.15) is 6.61 Å². The van der Waals surface area contributed by atoms with E-state index < -0.39 is 5.97 Å². The molecule has 0 saturated carbocycles. The van der Waals surface area contributed by atoms with Crippen molar-refractivity contribution < 1.29 is 9.53 Å². The van der Waals surface area contributed by atoms with Crippen LogP contribution in [0.15, 0.2) is 12.1 Å². The van der Waals surface area contributed by atoms with Crippen LogP contribution in [0.4, 0.5) is 0 Å². The molecular formula is C8H4Cl2O2. The summed E-state index contributed by atoms with van der Waals surface area (Å²) in [7, 11) is 0. The quantitative estimate of drug-likeness (QED) is 0.606. The maximum atomic E-state index is 11.1. The molecule has 4 heteroatoms. The minimum atomic E-state index is -0.391. The Morgan fingerprint density at radius 3 is 2.58 bits per heavy atom. The van der Waals surface area contributed by atoms with Gasteiger partial charge in [0.05, 0.1) is 10.6 Å². The summed E-state index contributed by atoms with van der Waals surface area (Å²) in [5, 5.41) is 0.928. The number of hydrogen-bond donors (Lipinski definition) is 0. The summed E-state index contributed by atoms with van der Waals surface area (Å²) in [5.74, 6) is -0.391. The molecular weight excluding hydrogens is 199 g/mol. The maximum absolute atomic E-state index is 11.1. The predicted molar refractivity (Wildman–Crippen MR) is 45.6 cm³/mol. The molecule has 0 aromatic heterocycles. The van der Waals surface area contributed by atoms with Gasteiger partial charge in [0.25, 0.3) is 0 Å². The van der Waals surface area contributed by atoms with E-state index in [1.807, 2.05) is 0 Å². The standard InChI is InChI=1S/C8H4Cl2O2/c9-5-1-2-6(10)7-4(5)3-12-8(7)11/h1-2H,3H2. The van der Waals surface area contributed by atoms with Crippen molar-refractivity contribution in [3.63, 3.8) is 0 Å². The first kappa shape index (κ1) is 7.90. The fourth-order valence-corrected chi connectivity index (χ4v) is 1.63. The number of fused-ring (bicyclic) bond motifs is 1. The van der Waals surface area contributed by atoms with Crippen molar-refractivity contribution in [1.82, 2.24) is 0 Å². The van der Waals surface area contributed by atoms with Crippen LogP contribution in [0.2, 0.25) is 10.0 Å². The third-order valence-corrected chi connectivity index (χ3v) is 2.43. The number of cyclic esters (lactones) is 1. The van der Waals surface area contributed by atoms with E-state index in [4.69, 9.17) is 27.9 Å². The summed E-state index contributed by atoms with van der Waals surface area (Å²) in [6.07, 6.45) is 0. The van der Waals surface area contributed by atoms with Crippen LogP contribution in [0.3, 0.4) is 0 Å². The van der Waals surface area contributed by atoms with Crippen LogP contribution in [0, 0.1) is 0 Å². The minimum Gasteiger partial charge on any atom is -0.457 e. The highest BCUT2D eigenvalue weighted by Crippen LogP contribution is 2.32. The third kappa shape index (κ3) is 0.993. The molecule has 2 rings (SSSR count). The zero-order valence-corrected chi connectivity index (χ0v) is 7.45. The van der Waals surface area contributed by atoms with Crippen molar-refractivity contribution in [1.29, 1.82) is 0 Å². The largest absolute Gasteiger partial charge is 0.457 e. The summed E-state index contributed by atoms with van der Waals surface area (Å²) < 4.78 is 4.78. The minimum absolute atomic E-state index is 0.230. The van der Waals surface area contributed by atoms with Crippen LogP contribution in [0.25, 0.3) is 0 Å². The smallest absolute Gasteiger partial charge is 0.340 e. The Hall–Kier alpha value is -0.730. The fraction of sp³-hybridized carbons (Fsp3) is 0.125. The highest BCUT2D eigenvalue weighted by molar-refractivity contribution is 6.36. The molecule has 0 saturated heterocycles. The summed E-state index contributed by atoms with van der Waals surface area (Å²) in [5.41, 5.74) is 1.10. The van der Waals surface area contributed by atoms with Gasteiger partial charge < -0.3 is 4.74 Å². The lowest BCUT2D eigenvalue weighted by Gasteiger charge is -1.98. The molecule has 1 aliphatic heterocycles. The Bertz CT molecular complexity index is 360. The van der Waals surface area contributed by atoms with Crippen LogP contribution in [0.1, 0.15) is 15.9 Å². The number of halogens is 2. The van der Waals surface area contributed by atoms with E-state index in [1.165, 1.54) is 0 Å². The number of ether oxygens (including phenoxy) is 1. The molecule has 0 fully saturated rings. The topological polar surface area (TPSA) is 26.3 Å². The molecule has 0 amide bonds. The molecule has 1 heterocycles. The third-order valence-electron chi connectivity index (χ3n) is 1.76. The van der Waals surface area contributed by atoms with Crippen molar-refractivity contribution in [3.8, 4) is 0 Å². The molecule has 1 aromatic rings. The average molecular weight is 203 g/mol. The van der Waals surface area contributed by atoms with Gasteiger partial charge >= 0.3 is 5.97 Å². The molecule has 0 aliphatic carbocycles. The Balaban J connectivity index is 2.72. The lowest BCUT2D eigenvalue weighted by molar-refractivity contribution is 0.0535. The van der Waals surface area contributed by atoms with Crippen LogP contribution in [-0.4, -0.2) is 5.97 Å². The van der Waals surface area contributed by atoms with Crippen LogP contribution < -0.4 is 0 Å². The van der Waals surface area contributed by atoms with Crippen molar-refractivity contribution in [2.45, 2.75) is 6.61 Å². The number of hydrogen-bond acceptors (Lipinski definition) is 2. The summed E-state index contributed by atoms with van der Waals surface area (Å²) in [6, 6.07) is 3.25. The van der Waals surface area contributed by atoms with Crippen LogP contribution >= 0.6 is 23.2 Å². The van der Waals surface area contributed by atoms with Crippen LogP contribution in [0.5, 0.6) is 0 Å². The van der Waals surface area contributed by atoms with Crippen molar-refractivity contribution in [2.24, 2.45) is 0 Å².